The zero-order chi connectivity index (χ0) is 11.6. The molecule has 0 fully saturated rings. The minimum Gasteiger partial charge on any atom is -0.258 e. The molecule has 0 radical (unpaired) electrons. The molecule has 1 rings (SSSR count). The summed E-state index contributed by atoms with van der Waals surface area (Å²) in [5, 5.41) is 10.5. The van der Waals surface area contributed by atoms with E-state index in [-0.39, 0.29) is 15.6 Å². The van der Waals surface area contributed by atoms with Crippen molar-refractivity contribution in [1.82, 2.24) is 4.72 Å². The largest absolute Gasteiger partial charge is 0.272 e. The number of hydrogen-bond donors (Lipinski definition) is 1. The lowest BCUT2D eigenvalue weighted by Crippen LogP contribution is -2.18. The first-order chi connectivity index (χ1) is 6.86. The number of nitrogens with one attached hydrogen (secondary N) is 1. The van der Waals surface area contributed by atoms with Crippen molar-refractivity contribution in [2.75, 3.05) is 7.05 Å². The van der Waals surface area contributed by atoms with Crippen LogP contribution in [-0.4, -0.2) is 20.4 Å². The summed E-state index contributed by atoms with van der Waals surface area (Å²) in [4.78, 5) is 9.51. The Kier molecular flexibility index (Phi) is 3.28. The maximum absolute atomic E-state index is 11.3. The quantitative estimate of drug-likeness (QED) is 0.644. The van der Waals surface area contributed by atoms with E-state index in [0.717, 1.165) is 18.2 Å². The molecule has 0 spiro atoms. The van der Waals surface area contributed by atoms with Gasteiger partial charge in [-0.05, 0) is 13.1 Å². The van der Waals surface area contributed by atoms with Crippen molar-refractivity contribution in [2.45, 2.75) is 4.90 Å². The number of benzene rings is 1. The molecule has 0 aliphatic heterocycles. The summed E-state index contributed by atoms with van der Waals surface area (Å²) in [7, 11) is -2.51. The molecule has 8 heteroatoms. The number of hydrogen-bond acceptors (Lipinski definition) is 4. The van der Waals surface area contributed by atoms with Gasteiger partial charge in [-0.1, -0.05) is 11.6 Å². The number of nitrogens with zero attached hydrogens (tertiary/aromatic N) is 1. The Balaban J connectivity index is 3.40. The van der Waals surface area contributed by atoms with E-state index in [2.05, 4.69) is 0 Å². The van der Waals surface area contributed by atoms with Gasteiger partial charge in [0.1, 0.15) is 0 Å². The Morgan fingerprint density at radius 3 is 2.47 bits per heavy atom. The summed E-state index contributed by atoms with van der Waals surface area (Å²) < 4.78 is 24.7. The molecule has 0 bridgehead atoms. The van der Waals surface area contributed by atoms with Crippen molar-refractivity contribution in [3.8, 4) is 0 Å². The van der Waals surface area contributed by atoms with Crippen molar-refractivity contribution >= 4 is 27.3 Å². The maximum Gasteiger partial charge on any atom is 0.272 e. The molecular formula is C7H7ClN2O4S. The van der Waals surface area contributed by atoms with Crippen molar-refractivity contribution < 1.29 is 13.3 Å². The molecule has 1 N–H and O–H groups in total. The zero-order valence-electron chi connectivity index (χ0n) is 7.60. The van der Waals surface area contributed by atoms with Crippen LogP contribution in [0.2, 0.25) is 5.02 Å². The third-order valence-corrected chi connectivity index (χ3v) is 3.26. The van der Waals surface area contributed by atoms with E-state index in [1.165, 1.54) is 7.05 Å². The molecule has 0 saturated carbocycles. The van der Waals surface area contributed by atoms with Gasteiger partial charge in [0, 0.05) is 17.2 Å². The fourth-order valence-corrected chi connectivity index (χ4v) is 2.01. The highest BCUT2D eigenvalue weighted by molar-refractivity contribution is 7.89. The minimum atomic E-state index is -3.72. The van der Waals surface area contributed by atoms with E-state index < -0.39 is 14.9 Å². The standard InChI is InChI=1S/C7H7ClN2O4S/c1-9-15(13,14)7-3-5(8)2-6(4-7)10(11)12/h2-4,9H,1H3. The average Bonchev–Trinajstić information content (AvgIpc) is 2.16. The molecular weight excluding hydrogens is 244 g/mol. The van der Waals surface area contributed by atoms with Crippen LogP contribution in [0.5, 0.6) is 0 Å². The van der Waals surface area contributed by atoms with Gasteiger partial charge in [-0.2, -0.15) is 0 Å². The van der Waals surface area contributed by atoms with Crippen molar-refractivity contribution in [3.05, 3.63) is 33.3 Å². The second kappa shape index (κ2) is 4.13. The molecule has 1 aromatic rings. The molecule has 0 atom stereocenters. The van der Waals surface area contributed by atoms with Crippen LogP contribution < -0.4 is 4.72 Å². The van der Waals surface area contributed by atoms with E-state index in [1.807, 2.05) is 4.72 Å². The number of rotatable bonds is 3. The minimum absolute atomic E-state index is 0.00183. The molecule has 0 unspecified atom stereocenters. The van der Waals surface area contributed by atoms with Gasteiger partial charge in [0.05, 0.1) is 9.82 Å². The Labute approximate surface area is 91.1 Å². The summed E-state index contributed by atoms with van der Waals surface area (Å²) in [6.07, 6.45) is 0. The highest BCUT2D eigenvalue weighted by Crippen LogP contribution is 2.23. The highest BCUT2D eigenvalue weighted by Gasteiger charge is 2.17. The molecule has 0 aromatic heterocycles. The smallest absolute Gasteiger partial charge is 0.258 e. The van der Waals surface area contributed by atoms with Crippen LogP contribution in [-0.2, 0) is 10.0 Å². The van der Waals surface area contributed by atoms with Gasteiger partial charge in [0.15, 0.2) is 0 Å². The van der Waals surface area contributed by atoms with Gasteiger partial charge in [-0.15, -0.1) is 0 Å². The Morgan fingerprint density at radius 2 is 2.00 bits per heavy atom. The Hall–Kier alpha value is -1.18. The zero-order valence-corrected chi connectivity index (χ0v) is 9.17. The first kappa shape index (κ1) is 11.9. The van der Waals surface area contributed by atoms with Crippen LogP contribution in [0.15, 0.2) is 23.1 Å². The fraction of sp³-hybridized carbons (Fsp3) is 0.143. The van der Waals surface area contributed by atoms with Crippen LogP contribution in [0, 0.1) is 10.1 Å². The average molecular weight is 251 g/mol. The third-order valence-electron chi connectivity index (χ3n) is 1.65. The predicted molar refractivity (Wildman–Crippen MR) is 54.4 cm³/mol. The monoisotopic (exact) mass is 250 g/mol. The van der Waals surface area contributed by atoms with Crippen molar-refractivity contribution in [3.63, 3.8) is 0 Å². The summed E-state index contributed by atoms with van der Waals surface area (Å²) in [5.74, 6) is 0. The second-order valence-electron chi connectivity index (χ2n) is 2.61. The van der Waals surface area contributed by atoms with Crippen LogP contribution in [0.25, 0.3) is 0 Å². The summed E-state index contributed by atoms with van der Waals surface area (Å²) in [6.45, 7) is 0. The van der Waals surface area contributed by atoms with Gasteiger partial charge >= 0.3 is 0 Å². The lowest BCUT2D eigenvalue weighted by atomic mass is 10.3. The second-order valence-corrected chi connectivity index (χ2v) is 4.93. The molecule has 0 amide bonds. The van der Waals surface area contributed by atoms with E-state index in [9.17, 15) is 18.5 Å². The molecule has 15 heavy (non-hydrogen) atoms. The van der Waals surface area contributed by atoms with E-state index in [4.69, 9.17) is 11.6 Å². The Morgan fingerprint density at radius 1 is 1.40 bits per heavy atom. The molecule has 1 aromatic carbocycles. The van der Waals surface area contributed by atoms with E-state index >= 15 is 0 Å². The molecule has 82 valence electrons. The first-order valence-corrected chi connectivity index (χ1v) is 5.61. The molecule has 0 saturated heterocycles. The fourth-order valence-electron chi connectivity index (χ4n) is 0.926. The maximum atomic E-state index is 11.3. The van der Waals surface area contributed by atoms with Gasteiger partial charge in [0.25, 0.3) is 5.69 Å². The normalized spacial score (nSPS) is 11.3. The topological polar surface area (TPSA) is 89.3 Å². The number of halogens is 1. The van der Waals surface area contributed by atoms with Crippen LogP contribution in [0.1, 0.15) is 0 Å². The number of non-ortho nitro benzene ring substituents is 1. The third kappa shape index (κ3) is 2.65. The van der Waals surface area contributed by atoms with Crippen molar-refractivity contribution in [1.29, 1.82) is 0 Å². The van der Waals surface area contributed by atoms with Gasteiger partial charge in [-0.25, -0.2) is 13.1 Å². The first-order valence-electron chi connectivity index (χ1n) is 3.75. The van der Waals surface area contributed by atoms with E-state index in [0.29, 0.717) is 0 Å². The highest BCUT2D eigenvalue weighted by atomic mass is 35.5. The number of nitro benzene ring substituents is 1. The number of nitro groups is 1. The lowest BCUT2D eigenvalue weighted by molar-refractivity contribution is -0.385. The molecule has 0 aliphatic carbocycles. The summed E-state index contributed by atoms with van der Waals surface area (Å²) in [5.41, 5.74) is -0.365. The Bertz CT molecular complexity index is 500. The SMILES string of the molecule is CNS(=O)(=O)c1cc(Cl)cc([N+](=O)[O-])c1. The summed E-state index contributed by atoms with van der Waals surface area (Å²) in [6, 6.07) is 3.16. The van der Waals surface area contributed by atoms with Crippen molar-refractivity contribution in [2.24, 2.45) is 0 Å². The van der Waals surface area contributed by atoms with Crippen LogP contribution >= 0.6 is 11.6 Å². The van der Waals surface area contributed by atoms with Gasteiger partial charge in [-0.3, -0.25) is 10.1 Å². The van der Waals surface area contributed by atoms with Crippen LogP contribution in [0.4, 0.5) is 5.69 Å². The summed E-state index contributed by atoms with van der Waals surface area (Å²) >= 11 is 5.56. The lowest BCUT2D eigenvalue weighted by Gasteiger charge is -2.02. The molecule has 0 heterocycles. The predicted octanol–water partition coefficient (Wildman–Crippen LogP) is 1.16. The number of sulfonamides is 1. The van der Waals surface area contributed by atoms with Crippen LogP contribution in [0.3, 0.4) is 0 Å². The van der Waals surface area contributed by atoms with Gasteiger partial charge < -0.3 is 0 Å². The van der Waals surface area contributed by atoms with E-state index in [1.54, 1.807) is 0 Å². The van der Waals surface area contributed by atoms with Gasteiger partial charge in [0.2, 0.25) is 10.0 Å². The molecule has 0 aliphatic rings. The molecule has 6 nitrogen and oxygen atoms in total.